The average Bonchev–Trinajstić information content (AvgIpc) is 2.68. The van der Waals surface area contributed by atoms with Crippen LogP contribution in [-0.4, -0.2) is 58.8 Å². The molecule has 1 rings (SSSR count). The zero-order valence-electron chi connectivity index (χ0n) is 10.4. The van der Waals surface area contributed by atoms with Gasteiger partial charge in [-0.25, -0.2) is 0 Å². The molecule has 1 amide bonds. The minimum Gasteiger partial charge on any atom is -0.379 e. The summed E-state index contributed by atoms with van der Waals surface area (Å²) in [5.41, 5.74) is 2.82. The highest BCUT2D eigenvalue weighted by atomic mass is 35.5. The second-order valence-corrected chi connectivity index (χ2v) is 5.41. The largest absolute Gasteiger partial charge is 0.419 e. The monoisotopic (exact) mass is 322 g/mol. The highest BCUT2D eigenvalue weighted by molar-refractivity contribution is 7.98. The van der Waals surface area contributed by atoms with Crippen LogP contribution in [0.25, 0.3) is 0 Å². The molecule has 0 aliphatic carbocycles. The first-order valence-electron chi connectivity index (χ1n) is 5.54. The van der Waals surface area contributed by atoms with Gasteiger partial charge in [-0.2, -0.15) is 24.9 Å². The number of nitrogens with two attached hydrogens (primary N) is 1. The van der Waals surface area contributed by atoms with Crippen LogP contribution in [0.4, 0.5) is 13.2 Å². The van der Waals surface area contributed by atoms with Crippen LogP contribution < -0.4 is 5.73 Å². The standard InChI is InChI=1S/C10H17F3N2O2S.ClH/c1-18-5-2-7(14)8(16)15-4-3-9(17,6-15)10(11,12)13;/h7,17H,2-6,14H2,1H3;1H/t7-,9?;/m0./s1. The summed E-state index contributed by atoms with van der Waals surface area (Å²) in [5, 5.41) is 9.44. The van der Waals surface area contributed by atoms with Crippen LogP contribution in [0.3, 0.4) is 0 Å². The number of β-amino-alcohol motifs (C(OH)–C–C–N with tert-alkyl or cyclic N) is 1. The smallest absolute Gasteiger partial charge is 0.379 e. The van der Waals surface area contributed by atoms with Gasteiger partial charge in [0.05, 0.1) is 12.6 Å². The highest BCUT2D eigenvalue weighted by Gasteiger charge is 2.57. The molecule has 0 bridgehead atoms. The van der Waals surface area contributed by atoms with Crippen LogP contribution in [0.15, 0.2) is 0 Å². The van der Waals surface area contributed by atoms with Crippen molar-refractivity contribution in [1.29, 1.82) is 0 Å². The van der Waals surface area contributed by atoms with Crippen molar-refractivity contribution in [2.24, 2.45) is 5.73 Å². The number of alkyl halides is 3. The molecule has 4 nitrogen and oxygen atoms in total. The molecule has 1 aliphatic heterocycles. The molecule has 1 unspecified atom stereocenters. The van der Waals surface area contributed by atoms with Gasteiger partial charge in [-0.05, 0) is 18.4 Å². The molecule has 0 saturated carbocycles. The maximum Gasteiger partial charge on any atom is 0.419 e. The van der Waals surface area contributed by atoms with E-state index >= 15 is 0 Å². The molecule has 0 aromatic carbocycles. The first-order valence-corrected chi connectivity index (χ1v) is 6.93. The number of hydrogen-bond donors (Lipinski definition) is 2. The Labute approximate surface area is 120 Å². The fourth-order valence-corrected chi connectivity index (χ4v) is 2.31. The maximum absolute atomic E-state index is 12.6. The van der Waals surface area contributed by atoms with E-state index < -0.39 is 36.7 Å². The summed E-state index contributed by atoms with van der Waals surface area (Å²) in [4.78, 5) is 12.8. The van der Waals surface area contributed by atoms with E-state index in [1.165, 1.54) is 11.8 Å². The molecule has 3 N–H and O–H groups in total. The molecule has 0 aromatic heterocycles. The normalized spacial score (nSPS) is 25.1. The molecular formula is C10H18ClF3N2O2S. The van der Waals surface area contributed by atoms with Crippen molar-refractivity contribution in [3.63, 3.8) is 0 Å². The second kappa shape index (κ2) is 7.01. The van der Waals surface area contributed by atoms with Crippen molar-refractivity contribution in [2.75, 3.05) is 25.1 Å². The Morgan fingerprint density at radius 3 is 2.58 bits per heavy atom. The Morgan fingerprint density at radius 1 is 1.58 bits per heavy atom. The summed E-state index contributed by atoms with van der Waals surface area (Å²) in [6, 6.07) is -0.798. The molecular weight excluding hydrogens is 305 g/mol. The third-order valence-corrected chi connectivity index (χ3v) is 3.68. The van der Waals surface area contributed by atoms with E-state index in [0.29, 0.717) is 12.2 Å². The molecule has 2 atom stereocenters. The molecule has 19 heavy (non-hydrogen) atoms. The van der Waals surface area contributed by atoms with Crippen molar-refractivity contribution in [1.82, 2.24) is 4.90 Å². The fraction of sp³-hybridized carbons (Fsp3) is 0.900. The van der Waals surface area contributed by atoms with Crippen LogP contribution in [0.1, 0.15) is 12.8 Å². The topological polar surface area (TPSA) is 66.6 Å². The van der Waals surface area contributed by atoms with E-state index in [1.54, 1.807) is 0 Å². The Kier molecular flexibility index (Phi) is 6.94. The summed E-state index contributed by atoms with van der Waals surface area (Å²) in [7, 11) is 0. The Hall–Kier alpha value is -0.180. The predicted octanol–water partition coefficient (Wildman–Crippen LogP) is 1.01. The number of likely N-dealkylation sites (tertiary alicyclic amines) is 1. The third kappa shape index (κ3) is 4.40. The van der Waals surface area contributed by atoms with Crippen LogP contribution in [0, 0.1) is 0 Å². The number of aliphatic hydroxyl groups is 1. The maximum atomic E-state index is 12.6. The summed E-state index contributed by atoms with van der Waals surface area (Å²) in [5.74, 6) is 0.147. The molecule has 9 heteroatoms. The number of carbonyl (C=O) groups excluding carboxylic acids is 1. The second-order valence-electron chi connectivity index (χ2n) is 4.43. The number of amides is 1. The Balaban J connectivity index is 0.00000324. The molecule has 0 spiro atoms. The first kappa shape index (κ1) is 18.8. The molecule has 0 radical (unpaired) electrons. The zero-order valence-corrected chi connectivity index (χ0v) is 12.1. The van der Waals surface area contributed by atoms with Crippen LogP contribution >= 0.6 is 24.2 Å². The number of hydrogen-bond acceptors (Lipinski definition) is 4. The zero-order chi connectivity index (χ0) is 14.0. The first-order chi connectivity index (χ1) is 8.21. The van der Waals surface area contributed by atoms with Crippen LogP contribution in [0.2, 0.25) is 0 Å². The van der Waals surface area contributed by atoms with Gasteiger partial charge in [0.25, 0.3) is 0 Å². The van der Waals surface area contributed by atoms with Gasteiger partial charge in [0.1, 0.15) is 0 Å². The van der Waals surface area contributed by atoms with Gasteiger partial charge in [0.2, 0.25) is 5.91 Å². The van der Waals surface area contributed by atoms with Crippen molar-refractivity contribution in [3.05, 3.63) is 0 Å². The van der Waals surface area contributed by atoms with E-state index in [-0.39, 0.29) is 19.0 Å². The lowest BCUT2D eigenvalue weighted by atomic mass is 10.0. The number of rotatable bonds is 4. The molecule has 1 saturated heterocycles. The number of thioether (sulfide) groups is 1. The van der Waals surface area contributed by atoms with E-state index in [1.807, 2.05) is 6.26 Å². The quantitative estimate of drug-likeness (QED) is 0.811. The third-order valence-electron chi connectivity index (χ3n) is 3.04. The van der Waals surface area contributed by atoms with E-state index in [4.69, 9.17) is 5.73 Å². The van der Waals surface area contributed by atoms with Crippen molar-refractivity contribution >= 4 is 30.1 Å². The Morgan fingerprint density at radius 2 is 2.16 bits per heavy atom. The minimum absolute atomic E-state index is 0. The molecule has 0 aromatic rings. The van der Waals surface area contributed by atoms with Crippen molar-refractivity contribution < 1.29 is 23.1 Å². The number of nitrogens with zero attached hydrogens (tertiary/aromatic N) is 1. The summed E-state index contributed by atoms with van der Waals surface area (Å²) in [6.45, 7) is -0.829. The average molecular weight is 323 g/mol. The van der Waals surface area contributed by atoms with Crippen LogP contribution in [0.5, 0.6) is 0 Å². The van der Waals surface area contributed by atoms with Gasteiger partial charge >= 0.3 is 6.18 Å². The van der Waals surface area contributed by atoms with Crippen molar-refractivity contribution in [2.45, 2.75) is 30.7 Å². The summed E-state index contributed by atoms with van der Waals surface area (Å²) >= 11 is 1.51. The molecule has 1 fully saturated rings. The SMILES string of the molecule is CSCC[C@H](N)C(=O)N1CCC(O)(C(F)(F)F)C1.Cl. The lowest BCUT2D eigenvalue weighted by Crippen LogP contribution is -2.50. The number of carbonyl (C=O) groups is 1. The van der Waals surface area contributed by atoms with Gasteiger partial charge in [0, 0.05) is 13.0 Å². The predicted molar refractivity (Wildman–Crippen MR) is 70.4 cm³/mol. The van der Waals surface area contributed by atoms with Gasteiger partial charge in [-0.15, -0.1) is 12.4 Å². The van der Waals surface area contributed by atoms with Gasteiger partial charge in [-0.1, -0.05) is 0 Å². The minimum atomic E-state index is -4.72. The number of halogens is 4. The molecule has 1 aliphatic rings. The van der Waals surface area contributed by atoms with E-state index in [0.717, 1.165) is 4.90 Å². The highest BCUT2D eigenvalue weighted by Crippen LogP contribution is 2.37. The van der Waals surface area contributed by atoms with Crippen molar-refractivity contribution in [3.8, 4) is 0 Å². The molecule has 1 heterocycles. The van der Waals surface area contributed by atoms with E-state index in [9.17, 15) is 23.1 Å². The molecule has 114 valence electrons. The van der Waals surface area contributed by atoms with Gasteiger partial charge in [0.15, 0.2) is 5.60 Å². The lowest BCUT2D eigenvalue weighted by Gasteiger charge is -2.26. The summed E-state index contributed by atoms with van der Waals surface area (Å²) in [6.07, 6.45) is -2.93. The van der Waals surface area contributed by atoms with E-state index in [2.05, 4.69) is 0 Å². The lowest BCUT2D eigenvalue weighted by molar-refractivity contribution is -0.253. The fourth-order valence-electron chi connectivity index (χ4n) is 1.82. The van der Waals surface area contributed by atoms with Gasteiger partial charge < -0.3 is 15.7 Å². The van der Waals surface area contributed by atoms with Crippen LogP contribution in [-0.2, 0) is 4.79 Å². The Bertz CT molecular complexity index is 320. The van der Waals surface area contributed by atoms with Gasteiger partial charge in [-0.3, -0.25) is 4.79 Å². The summed E-state index contributed by atoms with van der Waals surface area (Å²) < 4.78 is 37.7.